The van der Waals surface area contributed by atoms with Gasteiger partial charge in [-0.2, -0.15) is 0 Å². The molecule has 2 rings (SSSR count). The number of hydrogen-bond donors (Lipinski definition) is 1. The van der Waals surface area contributed by atoms with Crippen LogP contribution in [0.1, 0.15) is 12.8 Å². The molecule has 1 N–H and O–H groups in total. The predicted molar refractivity (Wildman–Crippen MR) is 48.2 cm³/mol. The standard InChI is InChI=1S/C8H12BrNO2/c1-12-8(11)4-2-7-5(9)3-6(4)10-7/h4-7,10H,2-3H2,1H3/t4-,5-,6+,7+/m1/s1. The Labute approximate surface area is 80.0 Å². The maximum atomic E-state index is 11.2. The Morgan fingerprint density at radius 2 is 2.25 bits per heavy atom. The Morgan fingerprint density at radius 1 is 1.50 bits per heavy atom. The highest BCUT2D eigenvalue weighted by Gasteiger charge is 2.47. The lowest BCUT2D eigenvalue weighted by molar-refractivity contribution is -0.146. The molecular weight excluding hydrogens is 222 g/mol. The Morgan fingerprint density at radius 3 is 2.67 bits per heavy atom. The second kappa shape index (κ2) is 3.00. The van der Waals surface area contributed by atoms with Crippen molar-refractivity contribution in [1.82, 2.24) is 5.32 Å². The zero-order valence-electron chi connectivity index (χ0n) is 6.92. The SMILES string of the molecule is COC(=O)[C@@H]1C[C@@H]2N[C@H]1C[C@H]2Br. The molecule has 2 fully saturated rings. The fourth-order valence-corrected chi connectivity index (χ4v) is 2.97. The van der Waals surface area contributed by atoms with Gasteiger partial charge in [-0.1, -0.05) is 15.9 Å². The molecule has 2 aliphatic rings. The first kappa shape index (κ1) is 8.51. The van der Waals surface area contributed by atoms with E-state index in [-0.39, 0.29) is 11.9 Å². The Hall–Kier alpha value is -0.0900. The summed E-state index contributed by atoms with van der Waals surface area (Å²) in [7, 11) is 1.46. The van der Waals surface area contributed by atoms with Crippen LogP contribution in [0, 0.1) is 5.92 Å². The maximum Gasteiger partial charge on any atom is 0.310 e. The van der Waals surface area contributed by atoms with Gasteiger partial charge < -0.3 is 10.1 Å². The van der Waals surface area contributed by atoms with Crippen molar-refractivity contribution >= 4 is 21.9 Å². The van der Waals surface area contributed by atoms with E-state index in [9.17, 15) is 4.79 Å². The number of halogens is 1. The van der Waals surface area contributed by atoms with E-state index in [1.165, 1.54) is 7.11 Å². The number of ether oxygens (including phenoxy) is 1. The zero-order chi connectivity index (χ0) is 8.72. The summed E-state index contributed by atoms with van der Waals surface area (Å²) in [4.78, 5) is 11.8. The molecule has 4 atom stereocenters. The number of nitrogens with one attached hydrogen (secondary N) is 1. The fourth-order valence-electron chi connectivity index (χ4n) is 2.20. The molecule has 4 heteroatoms. The van der Waals surface area contributed by atoms with Gasteiger partial charge in [0.05, 0.1) is 13.0 Å². The van der Waals surface area contributed by atoms with E-state index in [4.69, 9.17) is 4.74 Å². The lowest BCUT2D eigenvalue weighted by Crippen LogP contribution is -2.30. The quantitative estimate of drug-likeness (QED) is 0.535. The maximum absolute atomic E-state index is 11.2. The normalized spacial score (nSPS) is 44.8. The summed E-state index contributed by atoms with van der Waals surface area (Å²) in [5.74, 6) is 0.0307. The van der Waals surface area contributed by atoms with Crippen molar-refractivity contribution in [2.45, 2.75) is 29.8 Å². The minimum absolute atomic E-state index is 0.0607. The Balaban J connectivity index is 2.02. The van der Waals surface area contributed by atoms with Gasteiger partial charge in [-0.3, -0.25) is 4.79 Å². The number of hydrogen-bond acceptors (Lipinski definition) is 3. The van der Waals surface area contributed by atoms with Crippen LogP contribution in [0.2, 0.25) is 0 Å². The third-order valence-electron chi connectivity index (χ3n) is 2.84. The average Bonchev–Trinajstić information content (AvgIpc) is 2.60. The minimum Gasteiger partial charge on any atom is -0.469 e. The first-order valence-corrected chi connectivity index (χ1v) is 5.12. The number of carbonyl (C=O) groups excluding carboxylic acids is 1. The van der Waals surface area contributed by atoms with Crippen LogP contribution in [0.5, 0.6) is 0 Å². The van der Waals surface area contributed by atoms with Gasteiger partial charge in [-0.05, 0) is 12.8 Å². The summed E-state index contributed by atoms with van der Waals surface area (Å²) in [5, 5.41) is 3.40. The van der Waals surface area contributed by atoms with Crippen molar-refractivity contribution in [1.29, 1.82) is 0 Å². The molecule has 2 heterocycles. The van der Waals surface area contributed by atoms with Gasteiger partial charge in [0, 0.05) is 16.9 Å². The number of fused-ring (bicyclic) bond motifs is 2. The van der Waals surface area contributed by atoms with Crippen LogP contribution >= 0.6 is 15.9 Å². The van der Waals surface area contributed by atoms with Crippen LogP contribution in [0.4, 0.5) is 0 Å². The second-order valence-electron chi connectivity index (χ2n) is 3.50. The number of esters is 1. The molecule has 0 amide bonds. The molecule has 0 spiro atoms. The van der Waals surface area contributed by atoms with Gasteiger partial charge in [0.1, 0.15) is 0 Å². The summed E-state index contributed by atoms with van der Waals surface area (Å²) >= 11 is 3.58. The molecule has 0 aliphatic carbocycles. The van der Waals surface area contributed by atoms with Crippen molar-refractivity contribution < 1.29 is 9.53 Å². The summed E-state index contributed by atoms with van der Waals surface area (Å²) < 4.78 is 4.73. The van der Waals surface area contributed by atoms with E-state index >= 15 is 0 Å². The van der Waals surface area contributed by atoms with E-state index < -0.39 is 0 Å². The van der Waals surface area contributed by atoms with E-state index in [0.717, 1.165) is 12.8 Å². The number of rotatable bonds is 1. The summed E-state index contributed by atoms with van der Waals surface area (Å²) in [6, 6.07) is 0.811. The summed E-state index contributed by atoms with van der Waals surface area (Å²) in [6.45, 7) is 0. The van der Waals surface area contributed by atoms with E-state index in [2.05, 4.69) is 21.2 Å². The predicted octanol–water partition coefficient (Wildman–Crippen LogP) is 0.673. The van der Waals surface area contributed by atoms with Gasteiger partial charge in [0.2, 0.25) is 0 Å². The molecule has 0 aromatic heterocycles. The monoisotopic (exact) mass is 233 g/mol. The van der Waals surface area contributed by atoms with E-state index in [0.29, 0.717) is 16.9 Å². The fraction of sp³-hybridized carbons (Fsp3) is 0.875. The molecule has 0 unspecified atom stereocenters. The first-order valence-electron chi connectivity index (χ1n) is 4.20. The van der Waals surface area contributed by atoms with E-state index in [1.807, 2.05) is 0 Å². The third kappa shape index (κ3) is 1.17. The molecule has 2 bridgehead atoms. The highest BCUT2D eigenvalue weighted by atomic mass is 79.9. The van der Waals surface area contributed by atoms with Crippen LogP contribution in [-0.2, 0) is 9.53 Å². The van der Waals surface area contributed by atoms with Crippen LogP contribution < -0.4 is 5.32 Å². The van der Waals surface area contributed by atoms with Gasteiger partial charge in [-0.25, -0.2) is 0 Å². The lowest BCUT2D eigenvalue weighted by Gasteiger charge is -2.20. The molecule has 12 heavy (non-hydrogen) atoms. The van der Waals surface area contributed by atoms with Crippen molar-refractivity contribution in [3.8, 4) is 0 Å². The van der Waals surface area contributed by atoms with Crippen LogP contribution in [0.15, 0.2) is 0 Å². The van der Waals surface area contributed by atoms with Crippen molar-refractivity contribution in [3.05, 3.63) is 0 Å². The van der Waals surface area contributed by atoms with Crippen molar-refractivity contribution in [3.63, 3.8) is 0 Å². The summed E-state index contributed by atoms with van der Waals surface area (Å²) in [5.41, 5.74) is 0. The van der Waals surface area contributed by atoms with Gasteiger partial charge >= 0.3 is 5.97 Å². The third-order valence-corrected chi connectivity index (χ3v) is 3.85. The molecule has 68 valence electrons. The lowest BCUT2D eigenvalue weighted by atomic mass is 9.89. The Bertz CT molecular complexity index is 207. The zero-order valence-corrected chi connectivity index (χ0v) is 8.50. The largest absolute Gasteiger partial charge is 0.469 e. The van der Waals surface area contributed by atoms with Crippen molar-refractivity contribution in [2.24, 2.45) is 5.92 Å². The van der Waals surface area contributed by atoms with Crippen LogP contribution in [-0.4, -0.2) is 30.0 Å². The molecule has 0 aromatic rings. The molecule has 0 saturated carbocycles. The Kier molecular flexibility index (Phi) is 2.12. The highest BCUT2D eigenvalue weighted by Crippen LogP contribution is 2.37. The van der Waals surface area contributed by atoms with E-state index in [1.54, 1.807) is 0 Å². The number of carbonyl (C=O) groups is 1. The molecule has 2 saturated heterocycles. The topological polar surface area (TPSA) is 38.3 Å². The van der Waals surface area contributed by atoms with Gasteiger partial charge in [0.25, 0.3) is 0 Å². The number of methoxy groups -OCH3 is 1. The first-order chi connectivity index (χ1) is 5.72. The average molecular weight is 234 g/mol. The molecular formula is C8H12BrNO2. The number of alkyl halides is 1. The van der Waals surface area contributed by atoms with Crippen molar-refractivity contribution in [2.75, 3.05) is 7.11 Å². The van der Waals surface area contributed by atoms with Crippen LogP contribution in [0.25, 0.3) is 0 Å². The summed E-state index contributed by atoms with van der Waals surface area (Å²) in [6.07, 6.45) is 1.97. The molecule has 2 aliphatic heterocycles. The molecule has 3 nitrogen and oxygen atoms in total. The van der Waals surface area contributed by atoms with Crippen LogP contribution in [0.3, 0.4) is 0 Å². The van der Waals surface area contributed by atoms with Gasteiger partial charge in [0.15, 0.2) is 0 Å². The molecule has 0 aromatic carbocycles. The second-order valence-corrected chi connectivity index (χ2v) is 4.67. The highest BCUT2D eigenvalue weighted by molar-refractivity contribution is 9.09. The minimum atomic E-state index is -0.0607. The smallest absolute Gasteiger partial charge is 0.310 e. The van der Waals surface area contributed by atoms with Gasteiger partial charge in [-0.15, -0.1) is 0 Å². The molecule has 0 radical (unpaired) electrons.